The van der Waals surface area contributed by atoms with Crippen LogP contribution in [0.5, 0.6) is 0 Å². The summed E-state index contributed by atoms with van der Waals surface area (Å²) in [4.78, 5) is 5.02. The number of rotatable bonds is 5. The van der Waals surface area contributed by atoms with Crippen LogP contribution >= 0.6 is 0 Å². The van der Waals surface area contributed by atoms with Gasteiger partial charge in [0.2, 0.25) is 0 Å². The lowest BCUT2D eigenvalue weighted by Crippen LogP contribution is -2.53. The van der Waals surface area contributed by atoms with Crippen molar-refractivity contribution in [3.05, 3.63) is 71.8 Å². The van der Waals surface area contributed by atoms with Gasteiger partial charge in [-0.1, -0.05) is 60.7 Å². The Hall–Kier alpha value is -1.72. The molecule has 1 aliphatic rings. The highest BCUT2D eigenvalue weighted by Crippen LogP contribution is 2.45. The molecule has 4 heteroatoms. The lowest BCUT2D eigenvalue weighted by molar-refractivity contribution is 0.0872. The van der Waals surface area contributed by atoms with Gasteiger partial charge in [0.05, 0.1) is 18.2 Å². The maximum absolute atomic E-state index is 3.54. The number of hydrogen-bond donors (Lipinski definition) is 1. The van der Waals surface area contributed by atoms with E-state index >= 15 is 0 Å². The average Bonchev–Trinajstić information content (AvgIpc) is 2.86. The summed E-state index contributed by atoms with van der Waals surface area (Å²) in [6.45, 7) is 2.26. The second-order valence-corrected chi connectivity index (χ2v) is 7.27. The highest BCUT2D eigenvalue weighted by molar-refractivity contribution is 5.30. The van der Waals surface area contributed by atoms with Gasteiger partial charge in [-0.15, -0.1) is 0 Å². The molecule has 2 aromatic rings. The van der Waals surface area contributed by atoms with E-state index in [9.17, 15) is 0 Å². The van der Waals surface area contributed by atoms with Crippen molar-refractivity contribution in [3.8, 4) is 0 Å². The maximum Gasteiger partial charge on any atom is 0.0798 e. The highest BCUT2D eigenvalue weighted by atomic mass is 15.5. The SMILES string of the molecule is C[C@H](NN(C)C)C1N(C)[C@@H](c2ccccc2)[C@H](c2ccccc2)N1C. The second-order valence-electron chi connectivity index (χ2n) is 7.27. The van der Waals surface area contributed by atoms with Crippen LogP contribution in [0.3, 0.4) is 0 Å². The van der Waals surface area contributed by atoms with Gasteiger partial charge in [-0.05, 0) is 32.1 Å². The van der Waals surface area contributed by atoms with E-state index < -0.39 is 0 Å². The second kappa shape index (κ2) is 7.67. The van der Waals surface area contributed by atoms with Gasteiger partial charge in [-0.25, -0.2) is 5.43 Å². The zero-order chi connectivity index (χ0) is 18.0. The van der Waals surface area contributed by atoms with Gasteiger partial charge in [0.15, 0.2) is 0 Å². The van der Waals surface area contributed by atoms with Crippen molar-refractivity contribution in [3.63, 3.8) is 0 Å². The van der Waals surface area contributed by atoms with E-state index in [2.05, 4.69) is 111 Å². The fourth-order valence-corrected chi connectivity index (χ4v) is 4.38. The van der Waals surface area contributed by atoms with Crippen molar-refractivity contribution in [1.29, 1.82) is 0 Å². The Bertz CT molecular complexity index is 607. The molecule has 0 saturated carbocycles. The molecule has 4 nitrogen and oxygen atoms in total. The lowest BCUT2D eigenvalue weighted by Gasteiger charge is -2.34. The van der Waals surface area contributed by atoms with Gasteiger partial charge >= 0.3 is 0 Å². The first kappa shape index (κ1) is 18.1. The third-order valence-corrected chi connectivity index (χ3v) is 5.20. The van der Waals surface area contributed by atoms with Crippen molar-refractivity contribution in [1.82, 2.24) is 20.2 Å². The van der Waals surface area contributed by atoms with Crippen molar-refractivity contribution in [2.45, 2.75) is 31.2 Å². The molecule has 25 heavy (non-hydrogen) atoms. The van der Waals surface area contributed by atoms with E-state index in [-0.39, 0.29) is 0 Å². The normalized spacial score (nSPS) is 24.1. The molecule has 1 aliphatic heterocycles. The molecule has 0 aliphatic carbocycles. The third kappa shape index (κ3) is 3.62. The van der Waals surface area contributed by atoms with E-state index in [0.717, 1.165) is 0 Å². The standard InChI is InChI=1S/C21H30N4/c1-16(22-23(2)3)21-24(4)19(17-12-8-6-9-13-17)20(25(21)5)18-14-10-7-11-15-18/h6-16,19-22H,1-5H3/t16-,19-,20-/m0/s1. The minimum Gasteiger partial charge on any atom is -0.281 e. The van der Waals surface area contributed by atoms with Crippen LogP contribution in [0.1, 0.15) is 30.1 Å². The quantitative estimate of drug-likeness (QED) is 0.846. The van der Waals surface area contributed by atoms with E-state index in [1.807, 2.05) is 5.01 Å². The minimum absolute atomic E-state index is 0.304. The summed E-state index contributed by atoms with van der Waals surface area (Å²) >= 11 is 0. The Morgan fingerprint density at radius 1 is 0.800 bits per heavy atom. The van der Waals surface area contributed by atoms with Crippen molar-refractivity contribution < 1.29 is 0 Å². The fraction of sp³-hybridized carbons (Fsp3) is 0.429. The van der Waals surface area contributed by atoms with Gasteiger partial charge in [-0.3, -0.25) is 14.8 Å². The van der Waals surface area contributed by atoms with Gasteiger partial charge in [-0.2, -0.15) is 0 Å². The Morgan fingerprint density at radius 3 is 1.56 bits per heavy atom. The summed E-state index contributed by atoms with van der Waals surface area (Å²) in [6, 6.07) is 22.7. The molecule has 3 rings (SSSR count). The van der Waals surface area contributed by atoms with Crippen molar-refractivity contribution in [2.75, 3.05) is 28.2 Å². The number of nitrogens with zero attached hydrogens (tertiary/aromatic N) is 3. The van der Waals surface area contributed by atoms with Crippen LogP contribution in [0.15, 0.2) is 60.7 Å². The molecule has 0 radical (unpaired) electrons. The molecule has 1 fully saturated rings. The Labute approximate surface area is 152 Å². The summed E-state index contributed by atoms with van der Waals surface area (Å²) in [7, 11) is 8.59. The molecular formula is C21H30N4. The predicted molar refractivity (Wildman–Crippen MR) is 104 cm³/mol. The van der Waals surface area contributed by atoms with Crippen molar-refractivity contribution >= 4 is 0 Å². The molecule has 0 amide bonds. The van der Waals surface area contributed by atoms with Crippen LogP contribution in [0.2, 0.25) is 0 Å². The van der Waals surface area contributed by atoms with Crippen LogP contribution < -0.4 is 5.43 Å². The zero-order valence-corrected chi connectivity index (χ0v) is 15.9. The lowest BCUT2D eigenvalue weighted by atomic mass is 9.93. The number of hydrogen-bond acceptors (Lipinski definition) is 4. The summed E-state index contributed by atoms with van der Waals surface area (Å²) < 4.78 is 0. The Balaban J connectivity index is 2.00. The average molecular weight is 338 g/mol. The largest absolute Gasteiger partial charge is 0.281 e. The summed E-state index contributed by atoms with van der Waals surface area (Å²) in [5, 5.41) is 2.04. The summed E-state index contributed by atoms with van der Waals surface area (Å²) in [5.74, 6) is 0. The number of likely N-dealkylation sites (N-methyl/N-ethyl adjacent to an activating group) is 2. The predicted octanol–water partition coefficient (Wildman–Crippen LogP) is 3.13. The van der Waals surface area contributed by atoms with E-state index in [4.69, 9.17) is 0 Å². The maximum atomic E-state index is 3.54. The first-order valence-electron chi connectivity index (χ1n) is 8.98. The van der Waals surface area contributed by atoms with E-state index in [1.165, 1.54) is 11.1 Å². The first-order chi connectivity index (χ1) is 12.0. The van der Waals surface area contributed by atoms with E-state index in [1.54, 1.807) is 0 Å². The number of nitrogens with one attached hydrogen (secondary N) is 1. The number of benzene rings is 2. The van der Waals surface area contributed by atoms with Gasteiger partial charge in [0, 0.05) is 20.1 Å². The Morgan fingerprint density at radius 2 is 1.20 bits per heavy atom. The van der Waals surface area contributed by atoms with Crippen LogP contribution in [-0.4, -0.2) is 55.2 Å². The first-order valence-corrected chi connectivity index (χ1v) is 8.98. The van der Waals surface area contributed by atoms with Crippen LogP contribution in [0, 0.1) is 0 Å². The fourth-order valence-electron chi connectivity index (χ4n) is 4.38. The Kier molecular flexibility index (Phi) is 5.54. The molecule has 1 heterocycles. The smallest absolute Gasteiger partial charge is 0.0798 e. The molecule has 0 unspecified atom stereocenters. The monoisotopic (exact) mass is 338 g/mol. The molecular weight excluding hydrogens is 308 g/mol. The molecule has 134 valence electrons. The number of hydrazine groups is 1. The topological polar surface area (TPSA) is 21.8 Å². The zero-order valence-electron chi connectivity index (χ0n) is 15.9. The third-order valence-electron chi connectivity index (χ3n) is 5.20. The van der Waals surface area contributed by atoms with Crippen LogP contribution in [0.4, 0.5) is 0 Å². The molecule has 0 bridgehead atoms. The summed E-state index contributed by atoms with van der Waals surface area (Å²) in [5.41, 5.74) is 6.27. The molecule has 0 aromatic heterocycles. The summed E-state index contributed by atoms with van der Waals surface area (Å²) in [6.07, 6.45) is 0.304. The van der Waals surface area contributed by atoms with E-state index in [0.29, 0.717) is 24.3 Å². The molecule has 2 aromatic carbocycles. The van der Waals surface area contributed by atoms with Crippen LogP contribution in [0.25, 0.3) is 0 Å². The molecule has 0 spiro atoms. The van der Waals surface area contributed by atoms with Gasteiger partial charge in [0.25, 0.3) is 0 Å². The molecule has 1 N–H and O–H groups in total. The highest BCUT2D eigenvalue weighted by Gasteiger charge is 2.46. The molecule has 3 atom stereocenters. The van der Waals surface area contributed by atoms with Crippen molar-refractivity contribution in [2.24, 2.45) is 0 Å². The van der Waals surface area contributed by atoms with Gasteiger partial charge in [0.1, 0.15) is 0 Å². The minimum atomic E-state index is 0.304. The molecule has 1 saturated heterocycles. The van der Waals surface area contributed by atoms with Gasteiger partial charge < -0.3 is 0 Å². The van der Waals surface area contributed by atoms with Crippen LogP contribution in [-0.2, 0) is 0 Å².